The van der Waals surface area contributed by atoms with Gasteiger partial charge >= 0.3 is 12.1 Å². The summed E-state index contributed by atoms with van der Waals surface area (Å²) in [5, 5.41) is 27.0. The molecular formula is C36H46N6O6S. The van der Waals surface area contributed by atoms with E-state index in [1.807, 2.05) is 86.8 Å². The van der Waals surface area contributed by atoms with Gasteiger partial charge in [0.05, 0.1) is 35.6 Å². The molecule has 4 aromatic rings. The summed E-state index contributed by atoms with van der Waals surface area (Å²) in [6.07, 6.45) is 1.33. The quantitative estimate of drug-likeness (QED) is 0.122. The van der Waals surface area contributed by atoms with Crippen LogP contribution in [-0.4, -0.2) is 69.5 Å². The molecule has 0 saturated heterocycles. The molecule has 4 amide bonds. The van der Waals surface area contributed by atoms with E-state index in [-0.39, 0.29) is 24.9 Å². The zero-order valence-corrected chi connectivity index (χ0v) is 29.2. The first-order valence-electron chi connectivity index (χ1n) is 16.4. The van der Waals surface area contributed by atoms with Crippen LogP contribution in [-0.2, 0) is 41.9 Å². The SMILES string of the molecule is CCc1nc(CN(C)C(=O)N[C@H](C(=O)N[C@@H](Cc2ccccc2)C[C@H](O)[C@H](Cc2ccccc2)NC(=O)OCc2ccno2)C(C)C)cs1. The molecule has 2 heterocycles. The predicted molar refractivity (Wildman–Crippen MR) is 187 cm³/mol. The first kappa shape index (κ1) is 37.1. The number of ether oxygens (including phenoxy) is 1. The summed E-state index contributed by atoms with van der Waals surface area (Å²) in [6.45, 7) is 5.96. The maximum atomic E-state index is 13.8. The molecule has 0 fully saturated rings. The van der Waals surface area contributed by atoms with Crippen molar-refractivity contribution in [3.8, 4) is 0 Å². The van der Waals surface area contributed by atoms with E-state index in [1.54, 1.807) is 24.5 Å². The van der Waals surface area contributed by atoms with Gasteiger partial charge < -0.3 is 35.2 Å². The van der Waals surface area contributed by atoms with Crippen LogP contribution in [0.4, 0.5) is 9.59 Å². The van der Waals surface area contributed by atoms with E-state index in [2.05, 4.69) is 26.1 Å². The monoisotopic (exact) mass is 690 g/mol. The smallest absolute Gasteiger partial charge is 0.407 e. The summed E-state index contributed by atoms with van der Waals surface area (Å²) >= 11 is 1.56. The lowest BCUT2D eigenvalue weighted by molar-refractivity contribution is -0.124. The topological polar surface area (TPSA) is 159 Å². The Kier molecular flexibility index (Phi) is 14.2. The first-order chi connectivity index (χ1) is 23.6. The number of hydrogen-bond acceptors (Lipinski definition) is 9. The molecule has 0 aliphatic heterocycles. The normalized spacial score (nSPS) is 13.6. The Bertz CT molecular complexity index is 1580. The number of amides is 4. The second kappa shape index (κ2) is 18.7. The molecular weight excluding hydrogens is 644 g/mol. The van der Waals surface area contributed by atoms with Gasteiger partial charge in [0.25, 0.3) is 0 Å². The minimum Gasteiger partial charge on any atom is -0.441 e. The largest absolute Gasteiger partial charge is 0.441 e. The number of aliphatic hydroxyl groups is 1. The molecule has 262 valence electrons. The number of aliphatic hydroxyl groups excluding tert-OH is 1. The molecule has 2 aromatic heterocycles. The highest BCUT2D eigenvalue weighted by Crippen LogP contribution is 2.16. The standard InChI is InChI=1S/C36H46N6O6S/c1-5-32-38-28(23-49-32)21-42(4)35(45)41-33(24(2)3)34(44)39-27(18-25-12-8-6-9-13-25)20-31(43)30(19-26-14-10-7-11-15-26)40-36(46)47-22-29-16-17-37-48-29/h6-17,23-24,27,30-31,33,43H,5,18-22H2,1-4H3,(H,39,44)(H,40,46)(H,41,45)/t27-,30-,31-,33-/m0/s1. The van der Waals surface area contributed by atoms with E-state index in [9.17, 15) is 19.5 Å². The van der Waals surface area contributed by atoms with Crippen LogP contribution < -0.4 is 16.0 Å². The van der Waals surface area contributed by atoms with Crippen molar-refractivity contribution in [3.63, 3.8) is 0 Å². The van der Waals surface area contributed by atoms with Gasteiger partial charge in [-0.3, -0.25) is 4.79 Å². The summed E-state index contributed by atoms with van der Waals surface area (Å²) in [5.41, 5.74) is 2.65. The number of aryl methyl sites for hydroxylation is 1. The number of carbonyl (C=O) groups is 3. The number of alkyl carbamates (subject to hydrolysis) is 1. The van der Waals surface area contributed by atoms with E-state index < -0.39 is 36.4 Å². The second-order valence-electron chi connectivity index (χ2n) is 12.3. The highest BCUT2D eigenvalue weighted by Gasteiger charge is 2.31. The number of thiazole rings is 1. The maximum absolute atomic E-state index is 13.8. The fraction of sp³-hybridized carbons (Fsp3) is 0.417. The Balaban J connectivity index is 1.47. The van der Waals surface area contributed by atoms with Gasteiger partial charge in [0.2, 0.25) is 5.91 Å². The first-order valence-corrected chi connectivity index (χ1v) is 17.3. The van der Waals surface area contributed by atoms with E-state index in [4.69, 9.17) is 9.26 Å². The van der Waals surface area contributed by atoms with Crippen LogP contribution in [0.1, 0.15) is 54.8 Å². The fourth-order valence-electron chi connectivity index (χ4n) is 5.31. The summed E-state index contributed by atoms with van der Waals surface area (Å²) < 4.78 is 10.3. The van der Waals surface area contributed by atoms with Gasteiger partial charge in [-0.2, -0.15) is 0 Å². The third kappa shape index (κ3) is 12.0. The molecule has 4 rings (SSSR count). The molecule has 0 aliphatic carbocycles. The Morgan fingerprint density at radius 1 is 0.959 bits per heavy atom. The van der Waals surface area contributed by atoms with Crippen molar-refractivity contribution in [2.75, 3.05) is 7.05 Å². The summed E-state index contributed by atoms with van der Waals surface area (Å²) in [5.74, 6) is -0.212. The van der Waals surface area contributed by atoms with Crippen molar-refractivity contribution < 1.29 is 28.8 Å². The van der Waals surface area contributed by atoms with Gasteiger partial charge in [0, 0.05) is 24.5 Å². The number of rotatable bonds is 17. The fourth-order valence-corrected chi connectivity index (χ4v) is 6.05. The van der Waals surface area contributed by atoms with Gasteiger partial charge in [0.1, 0.15) is 6.04 Å². The molecule has 0 bridgehead atoms. The van der Waals surface area contributed by atoms with Crippen LogP contribution in [0, 0.1) is 5.92 Å². The van der Waals surface area contributed by atoms with Crippen LogP contribution in [0.2, 0.25) is 0 Å². The van der Waals surface area contributed by atoms with Crippen LogP contribution in [0.3, 0.4) is 0 Å². The Morgan fingerprint density at radius 2 is 1.63 bits per heavy atom. The van der Waals surface area contributed by atoms with Crippen molar-refractivity contribution in [2.24, 2.45) is 5.92 Å². The number of carbonyl (C=O) groups excluding carboxylic acids is 3. The summed E-state index contributed by atoms with van der Waals surface area (Å²) in [6, 6.07) is 18.2. The third-order valence-corrected chi connectivity index (χ3v) is 9.02. The zero-order chi connectivity index (χ0) is 35.2. The van der Waals surface area contributed by atoms with Crippen LogP contribution in [0.15, 0.2) is 82.8 Å². The molecule has 49 heavy (non-hydrogen) atoms. The molecule has 0 spiro atoms. The molecule has 2 aromatic carbocycles. The van der Waals surface area contributed by atoms with E-state index in [1.165, 1.54) is 11.1 Å². The van der Waals surface area contributed by atoms with Crippen molar-refractivity contribution >= 4 is 29.4 Å². The number of benzene rings is 2. The molecule has 12 nitrogen and oxygen atoms in total. The molecule has 0 unspecified atom stereocenters. The highest BCUT2D eigenvalue weighted by atomic mass is 32.1. The molecule has 4 N–H and O–H groups in total. The van der Waals surface area contributed by atoms with Gasteiger partial charge in [-0.15, -0.1) is 11.3 Å². The average Bonchev–Trinajstić information content (AvgIpc) is 3.79. The molecule has 0 radical (unpaired) electrons. The molecule has 0 saturated carbocycles. The maximum Gasteiger partial charge on any atom is 0.407 e. The van der Waals surface area contributed by atoms with Crippen LogP contribution in [0.25, 0.3) is 0 Å². The number of hydrogen-bond donors (Lipinski definition) is 4. The second-order valence-corrected chi connectivity index (χ2v) is 13.2. The number of aromatic nitrogens is 2. The van der Waals surface area contributed by atoms with Crippen LogP contribution in [0.5, 0.6) is 0 Å². The summed E-state index contributed by atoms with van der Waals surface area (Å²) in [4.78, 5) is 45.9. The van der Waals surface area contributed by atoms with Gasteiger partial charge in [-0.1, -0.05) is 86.6 Å². The molecule has 13 heteroatoms. The Morgan fingerprint density at radius 3 is 2.22 bits per heavy atom. The zero-order valence-electron chi connectivity index (χ0n) is 28.4. The van der Waals surface area contributed by atoms with Gasteiger partial charge in [-0.05, 0) is 42.7 Å². The van der Waals surface area contributed by atoms with Crippen molar-refractivity contribution in [1.29, 1.82) is 0 Å². The van der Waals surface area contributed by atoms with E-state index in [0.29, 0.717) is 25.1 Å². The van der Waals surface area contributed by atoms with Crippen molar-refractivity contribution in [2.45, 2.75) is 83.8 Å². The lowest BCUT2D eigenvalue weighted by Gasteiger charge is -2.30. The van der Waals surface area contributed by atoms with Crippen molar-refractivity contribution in [3.05, 3.63) is 106 Å². The number of nitrogens with one attached hydrogen (secondary N) is 3. The third-order valence-electron chi connectivity index (χ3n) is 7.98. The Labute approximate surface area is 291 Å². The Hall–Kier alpha value is -4.75. The summed E-state index contributed by atoms with van der Waals surface area (Å²) in [7, 11) is 1.67. The highest BCUT2D eigenvalue weighted by molar-refractivity contribution is 7.09. The molecule has 0 aliphatic rings. The number of urea groups is 1. The van der Waals surface area contributed by atoms with E-state index >= 15 is 0 Å². The lowest BCUT2D eigenvalue weighted by atomic mass is 9.93. The van der Waals surface area contributed by atoms with Gasteiger partial charge in [-0.25, -0.2) is 14.6 Å². The molecule has 4 atom stereocenters. The minimum atomic E-state index is -1.07. The van der Waals surface area contributed by atoms with E-state index in [0.717, 1.165) is 28.2 Å². The lowest BCUT2D eigenvalue weighted by Crippen LogP contribution is -2.55. The van der Waals surface area contributed by atoms with Crippen LogP contribution >= 0.6 is 11.3 Å². The average molecular weight is 691 g/mol. The minimum absolute atomic E-state index is 0.114. The van der Waals surface area contributed by atoms with Crippen molar-refractivity contribution in [1.82, 2.24) is 31.0 Å². The number of nitrogens with zero attached hydrogens (tertiary/aromatic N) is 3. The predicted octanol–water partition coefficient (Wildman–Crippen LogP) is 4.88. The van der Waals surface area contributed by atoms with Gasteiger partial charge in [0.15, 0.2) is 12.4 Å².